The summed E-state index contributed by atoms with van der Waals surface area (Å²) in [7, 11) is -0.776. The summed E-state index contributed by atoms with van der Waals surface area (Å²) >= 11 is 0. The van der Waals surface area contributed by atoms with Gasteiger partial charge in [-0.15, -0.1) is 10.2 Å². The molecule has 108 valence electrons. The summed E-state index contributed by atoms with van der Waals surface area (Å²) in [5.41, 5.74) is 0. The van der Waals surface area contributed by atoms with Gasteiger partial charge in [-0.05, 0) is 32.4 Å². The first kappa shape index (κ1) is 14.5. The van der Waals surface area contributed by atoms with E-state index in [1.54, 1.807) is 0 Å². The summed E-state index contributed by atoms with van der Waals surface area (Å²) in [4.78, 5) is 2.10. The molecule has 0 spiro atoms. The number of aromatic nitrogens is 2. The molecule has 0 aliphatic carbocycles. The van der Waals surface area contributed by atoms with Crippen molar-refractivity contribution in [3.63, 3.8) is 0 Å². The molecule has 1 aromatic heterocycles. The van der Waals surface area contributed by atoms with Gasteiger partial charge in [0.05, 0.1) is 18.1 Å². The molecule has 0 bridgehead atoms. The number of hydrogen-bond acceptors (Lipinski definition) is 6. The zero-order valence-corrected chi connectivity index (χ0v) is 12.3. The Bertz CT molecular complexity index is 512. The van der Waals surface area contributed by atoms with Gasteiger partial charge in [0.1, 0.15) is 0 Å². The Morgan fingerprint density at radius 2 is 2.11 bits per heavy atom. The minimum absolute atomic E-state index is 0.307. The summed E-state index contributed by atoms with van der Waals surface area (Å²) in [5, 5.41) is 7.90. The Kier molecular flexibility index (Phi) is 4.57. The molecule has 0 amide bonds. The summed E-state index contributed by atoms with van der Waals surface area (Å²) < 4.78 is 28.2. The van der Waals surface area contributed by atoms with Crippen molar-refractivity contribution in [3.05, 3.63) is 11.8 Å². The molecule has 1 aliphatic rings. The molecule has 0 unspecified atom stereocenters. The van der Waals surface area contributed by atoms with Gasteiger partial charge in [-0.3, -0.25) is 4.90 Å². The summed E-state index contributed by atoms with van der Waals surface area (Å²) in [6.07, 6.45) is 2.46. The van der Waals surface area contributed by atoms with Crippen molar-refractivity contribution in [2.24, 2.45) is 5.92 Å². The zero-order valence-electron chi connectivity index (χ0n) is 11.5. The van der Waals surface area contributed by atoms with Gasteiger partial charge in [-0.1, -0.05) is 6.92 Å². The first-order chi connectivity index (χ1) is 8.98. The predicted octanol–water partition coefficient (Wildman–Crippen LogP) is 0.889. The molecule has 1 saturated heterocycles. The molecule has 2 rings (SSSR count). The lowest BCUT2D eigenvalue weighted by molar-refractivity contribution is 0.267. The summed E-state index contributed by atoms with van der Waals surface area (Å²) in [6, 6.07) is 0. The van der Waals surface area contributed by atoms with Gasteiger partial charge >= 0.3 is 0 Å². The van der Waals surface area contributed by atoms with Crippen molar-refractivity contribution in [2.45, 2.75) is 32.7 Å². The fourth-order valence-electron chi connectivity index (χ4n) is 2.31. The van der Waals surface area contributed by atoms with Crippen molar-refractivity contribution in [1.82, 2.24) is 15.1 Å². The van der Waals surface area contributed by atoms with E-state index in [2.05, 4.69) is 15.1 Å². The van der Waals surface area contributed by atoms with E-state index in [-0.39, 0.29) is 0 Å². The van der Waals surface area contributed by atoms with Crippen LogP contribution in [-0.2, 0) is 22.8 Å². The highest BCUT2D eigenvalue weighted by molar-refractivity contribution is 7.91. The lowest BCUT2D eigenvalue weighted by atomic mass is 10.1. The number of rotatable bonds is 6. The second-order valence-corrected chi connectivity index (χ2v) is 7.47. The van der Waals surface area contributed by atoms with Crippen LogP contribution in [0.2, 0.25) is 0 Å². The van der Waals surface area contributed by atoms with E-state index in [1.165, 1.54) is 0 Å². The van der Waals surface area contributed by atoms with Crippen molar-refractivity contribution >= 4 is 9.84 Å². The van der Waals surface area contributed by atoms with E-state index in [0.717, 1.165) is 25.8 Å². The fourth-order valence-corrected chi connectivity index (χ4v) is 4.22. The zero-order chi connectivity index (χ0) is 13.9. The van der Waals surface area contributed by atoms with Crippen LogP contribution in [0.1, 0.15) is 31.5 Å². The second kappa shape index (κ2) is 6.00. The quantitative estimate of drug-likeness (QED) is 0.773. The number of aryl methyl sites for hydroxylation is 1. The lowest BCUT2D eigenvalue weighted by Crippen LogP contribution is -2.22. The van der Waals surface area contributed by atoms with Crippen molar-refractivity contribution in [3.8, 4) is 0 Å². The molecule has 1 fully saturated rings. The largest absolute Gasteiger partial charge is 0.424 e. The van der Waals surface area contributed by atoms with Crippen LogP contribution < -0.4 is 0 Å². The van der Waals surface area contributed by atoms with Crippen LogP contribution in [0, 0.1) is 5.92 Å². The molecule has 1 aliphatic heterocycles. The van der Waals surface area contributed by atoms with Crippen LogP contribution in [0.4, 0.5) is 0 Å². The van der Waals surface area contributed by atoms with Crippen LogP contribution in [0.3, 0.4) is 0 Å². The summed E-state index contributed by atoms with van der Waals surface area (Å²) in [6.45, 7) is 3.44. The van der Waals surface area contributed by atoms with Gasteiger partial charge < -0.3 is 4.42 Å². The molecule has 2 heterocycles. The Labute approximate surface area is 114 Å². The average molecular weight is 287 g/mol. The molecule has 1 aromatic rings. The van der Waals surface area contributed by atoms with Crippen molar-refractivity contribution in [1.29, 1.82) is 0 Å². The lowest BCUT2D eigenvalue weighted by Gasteiger charge is -2.16. The third kappa shape index (κ3) is 4.28. The van der Waals surface area contributed by atoms with E-state index in [9.17, 15) is 8.42 Å². The maximum absolute atomic E-state index is 11.4. The number of sulfone groups is 1. The van der Waals surface area contributed by atoms with Gasteiger partial charge in [-0.25, -0.2) is 8.42 Å². The minimum atomic E-state index is -2.76. The first-order valence-corrected chi connectivity index (χ1v) is 8.51. The molecule has 0 aromatic carbocycles. The number of hydrogen-bond donors (Lipinski definition) is 0. The van der Waals surface area contributed by atoms with E-state index in [4.69, 9.17) is 4.42 Å². The van der Waals surface area contributed by atoms with Crippen LogP contribution in [0.5, 0.6) is 0 Å². The molecule has 0 radical (unpaired) electrons. The van der Waals surface area contributed by atoms with E-state index < -0.39 is 9.84 Å². The Morgan fingerprint density at radius 1 is 1.37 bits per heavy atom. The molecule has 6 nitrogen and oxygen atoms in total. The van der Waals surface area contributed by atoms with Crippen LogP contribution in [-0.4, -0.2) is 48.6 Å². The SMILES string of the molecule is CCc1nnc(CN(C)CC[C@H]2CCS(=O)(=O)C2)o1. The Balaban J connectivity index is 1.74. The van der Waals surface area contributed by atoms with Gasteiger partial charge in [0.2, 0.25) is 11.8 Å². The van der Waals surface area contributed by atoms with Crippen molar-refractivity contribution < 1.29 is 12.8 Å². The standard InChI is InChI=1S/C12H21N3O3S/c1-3-11-13-14-12(18-11)8-15(2)6-4-10-5-7-19(16,17)9-10/h10H,3-9H2,1-2H3/t10-/m0/s1. The van der Waals surface area contributed by atoms with Gasteiger partial charge in [0, 0.05) is 6.42 Å². The molecule has 7 heteroatoms. The average Bonchev–Trinajstić information content (AvgIpc) is 2.93. The van der Waals surface area contributed by atoms with Crippen molar-refractivity contribution in [2.75, 3.05) is 25.1 Å². The minimum Gasteiger partial charge on any atom is -0.424 e. The molecule has 0 N–H and O–H groups in total. The highest BCUT2D eigenvalue weighted by Gasteiger charge is 2.27. The maximum Gasteiger partial charge on any atom is 0.230 e. The summed E-state index contributed by atoms with van der Waals surface area (Å²) in [5.74, 6) is 2.29. The van der Waals surface area contributed by atoms with E-state index in [0.29, 0.717) is 35.7 Å². The molecular weight excluding hydrogens is 266 g/mol. The van der Waals surface area contributed by atoms with E-state index in [1.807, 2.05) is 14.0 Å². The highest BCUT2D eigenvalue weighted by atomic mass is 32.2. The Hall–Kier alpha value is -0.950. The normalized spacial score (nSPS) is 22.2. The monoisotopic (exact) mass is 287 g/mol. The first-order valence-electron chi connectivity index (χ1n) is 6.68. The molecular formula is C12H21N3O3S. The topological polar surface area (TPSA) is 76.3 Å². The van der Waals surface area contributed by atoms with Gasteiger partial charge in [0.25, 0.3) is 0 Å². The molecule has 1 atom stereocenters. The third-order valence-corrected chi connectivity index (χ3v) is 5.30. The fraction of sp³-hybridized carbons (Fsp3) is 0.833. The van der Waals surface area contributed by atoms with Gasteiger partial charge in [-0.2, -0.15) is 0 Å². The number of nitrogens with zero attached hydrogens (tertiary/aromatic N) is 3. The molecule has 19 heavy (non-hydrogen) atoms. The van der Waals surface area contributed by atoms with Crippen LogP contribution in [0.15, 0.2) is 4.42 Å². The molecule has 0 saturated carbocycles. The van der Waals surface area contributed by atoms with Crippen LogP contribution in [0.25, 0.3) is 0 Å². The van der Waals surface area contributed by atoms with Crippen LogP contribution >= 0.6 is 0 Å². The Morgan fingerprint density at radius 3 is 2.68 bits per heavy atom. The third-order valence-electron chi connectivity index (χ3n) is 3.46. The second-order valence-electron chi connectivity index (χ2n) is 5.24. The predicted molar refractivity (Wildman–Crippen MR) is 71.4 cm³/mol. The highest BCUT2D eigenvalue weighted by Crippen LogP contribution is 2.21. The maximum atomic E-state index is 11.4. The van der Waals surface area contributed by atoms with Gasteiger partial charge in [0.15, 0.2) is 9.84 Å². The smallest absolute Gasteiger partial charge is 0.230 e. The van der Waals surface area contributed by atoms with E-state index >= 15 is 0 Å².